The van der Waals surface area contributed by atoms with Gasteiger partial charge in [0, 0.05) is 18.5 Å². The number of hydrogen-bond acceptors (Lipinski definition) is 4. The lowest BCUT2D eigenvalue weighted by atomic mass is 9.76. The number of methoxy groups -OCH3 is 1. The summed E-state index contributed by atoms with van der Waals surface area (Å²) in [6.45, 7) is 8.44. The van der Waals surface area contributed by atoms with Crippen molar-refractivity contribution in [1.82, 2.24) is 10.3 Å². The molecule has 2 rings (SSSR count). The number of aromatic nitrogens is 1. The van der Waals surface area contributed by atoms with Crippen LogP contribution in [0.3, 0.4) is 0 Å². The molecule has 2 unspecified atom stereocenters. The zero-order chi connectivity index (χ0) is 14.6. The summed E-state index contributed by atoms with van der Waals surface area (Å²) in [5.74, 6) is 0.771. The van der Waals surface area contributed by atoms with Crippen LogP contribution in [0.1, 0.15) is 55.1 Å². The monoisotopic (exact) mass is 296 g/mol. The fourth-order valence-corrected chi connectivity index (χ4v) is 4.54. The van der Waals surface area contributed by atoms with E-state index in [2.05, 4.69) is 26.1 Å². The molecule has 1 heterocycles. The summed E-state index contributed by atoms with van der Waals surface area (Å²) < 4.78 is 5.21. The van der Waals surface area contributed by atoms with Crippen molar-refractivity contribution in [3.8, 4) is 0 Å². The minimum Gasteiger partial charge on any atom is -0.383 e. The van der Waals surface area contributed by atoms with Crippen molar-refractivity contribution >= 4 is 11.3 Å². The quantitative estimate of drug-likeness (QED) is 0.814. The Bertz CT molecular complexity index is 432. The Hall–Kier alpha value is -0.450. The maximum atomic E-state index is 5.21. The van der Waals surface area contributed by atoms with E-state index in [0.717, 1.165) is 25.5 Å². The third kappa shape index (κ3) is 3.41. The van der Waals surface area contributed by atoms with Crippen LogP contribution < -0.4 is 5.32 Å². The maximum Gasteiger partial charge on any atom is 0.113 e. The van der Waals surface area contributed by atoms with E-state index in [9.17, 15) is 0 Å². The third-order valence-electron chi connectivity index (χ3n) is 4.40. The topological polar surface area (TPSA) is 34.2 Å². The number of ether oxygens (including phenoxy) is 1. The molecule has 1 N–H and O–H groups in total. The molecule has 3 nitrogen and oxygen atoms in total. The van der Waals surface area contributed by atoms with Gasteiger partial charge in [0.25, 0.3) is 0 Å². The third-order valence-corrected chi connectivity index (χ3v) is 5.62. The van der Waals surface area contributed by atoms with Gasteiger partial charge in [-0.15, -0.1) is 11.3 Å². The first-order valence-electron chi connectivity index (χ1n) is 7.82. The van der Waals surface area contributed by atoms with Crippen molar-refractivity contribution in [2.45, 2.75) is 58.4 Å². The number of rotatable bonds is 6. The van der Waals surface area contributed by atoms with Gasteiger partial charge < -0.3 is 10.1 Å². The van der Waals surface area contributed by atoms with Gasteiger partial charge in [0.1, 0.15) is 5.01 Å². The minimum absolute atomic E-state index is 0.0824. The summed E-state index contributed by atoms with van der Waals surface area (Å²) >= 11 is 1.89. The lowest BCUT2D eigenvalue weighted by Gasteiger charge is -2.39. The Morgan fingerprint density at radius 1 is 1.50 bits per heavy atom. The number of aryl methyl sites for hydroxylation is 2. The standard InChI is InChI=1S/C16H28N2OS/c1-5-14-13(3)20-15(18-14)16(17-9-10-19-4)8-6-7-12(2)11-16/h12,17H,5-11H2,1-4H3. The lowest BCUT2D eigenvalue weighted by Crippen LogP contribution is -2.47. The molecule has 2 atom stereocenters. The molecule has 0 aliphatic heterocycles. The Kier molecular flexibility index (Phi) is 5.58. The Morgan fingerprint density at radius 2 is 2.30 bits per heavy atom. The second-order valence-electron chi connectivity index (χ2n) is 6.08. The SMILES string of the molecule is CCc1nc(C2(NCCOC)CCCC(C)C2)sc1C. The molecule has 0 saturated heterocycles. The second-order valence-corrected chi connectivity index (χ2v) is 7.28. The zero-order valence-corrected chi connectivity index (χ0v) is 14.1. The van der Waals surface area contributed by atoms with Gasteiger partial charge in [0.05, 0.1) is 17.8 Å². The van der Waals surface area contributed by atoms with E-state index >= 15 is 0 Å². The molecule has 1 saturated carbocycles. The molecule has 0 aromatic carbocycles. The fraction of sp³-hybridized carbons (Fsp3) is 0.812. The van der Waals surface area contributed by atoms with E-state index in [0.29, 0.717) is 0 Å². The van der Waals surface area contributed by atoms with Gasteiger partial charge in [-0.1, -0.05) is 26.7 Å². The molecule has 4 heteroatoms. The zero-order valence-electron chi connectivity index (χ0n) is 13.3. The van der Waals surface area contributed by atoms with Gasteiger partial charge in [-0.3, -0.25) is 0 Å². The Labute approximate surface area is 127 Å². The number of nitrogens with one attached hydrogen (secondary N) is 1. The predicted octanol–water partition coefficient (Wildman–Crippen LogP) is 3.66. The molecule has 0 bridgehead atoms. The second kappa shape index (κ2) is 7.01. The number of hydrogen-bond donors (Lipinski definition) is 1. The van der Waals surface area contributed by atoms with Crippen LogP contribution >= 0.6 is 11.3 Å². The highest BCUT2D eigenvalue weighted by molar-refractivity contribution is 7.11. The van der Waals surface area contributed by atoms with Gasteiger partial charge in [0.15, 0.2) is 0 Å². The molecule has 1 aliphatic rings. The Morgan fingerprint density at radius 3 is 2.90 bits per heavy atom. The van der Waals surface area contributed by atoms with Gasteiger partial charge in [0.2, 0.25) is 0 Å². The molecule has 0 amide bonds. The van der Waals surface area contributed by atoms with E-state index in [1.807, 2.05) is 11.3 Å². The molecular weight excluding hydrogens is 268 g/mol. The first kappa shape index (κ1) is 15.9. The molecule has 1 aliphatic carbocycles. The van der Waals surface area contributed by atoms with Crippen LogP contribution in [-0.2, 0) is 16.7 Å². The summed E-state index contributed by atoms with van der Waals surface area (Å²) in [5, 5.41) is 5.07. The number of nitrogens with zero attached hydrogens (tertiary/aromatic N) is 1. The summed E-state index contributed by atoms with van der Waals surface area (Å²) in [5.41, 5.74) is 1.36. The highest BCUT2D eigenvalue weighted by Crippen LogP contribution is 2.42. The van der Waals surface area contributed by atoms with E-state index in [1.165, 1.54) is 41.3 Å². The highest BCUT2D eigenvalue weighted by atomic mass is 32.1. The molecule has 20 heavy (non-hydrogen) atoms. The van der Waals surface area contributed by atoms with E-state index in [1.54, 1.807) is 7.11 Å². The summed E-state index contributed by atoms with van der Waals surface area (Å²) in [7, 11) is 1.76. The van der Waals surface area contributed by atoms with Crippen molar-refractivity contribution in [2.75, 3.05) is 20.3 Å². The number of thiazole rings is 1. The average molecular weight is 296 g/mol. The summed E-state index contributed by atoms with van der Waals surface area (Å²) in [6, 6.07) is 0. The van der Waals surface area contributed by atoms with Crippen LogP contribution in [0.5, 0.6) is 0 Å². The maximum absolute atomic E-state index is 5.21. The summed E-state index contributed by atoms with van der Waals surface area (Å²) in [4.78, 5) is 6.34. The van der Waals surface area contributed by atoms with Crippen LogP contribution in [0.2, 0.25) is 0 Å². The van der Waals surface area contributed by atoms with Gasteiger partial charge in [-0.2, -0.15) is 0 Å². The normalized spacial score (nSPS) is 26.9. The molecular formula is C16H28N2OS. The van der Waals surface area contributed by atoms with Crippen molar-refractivity contribution in [3.63, 3.8) is 0 Å². The Balaban J connectivity index is 2.24. The molecule has 1 fully saturated rings. The van der Waals surface area contributed by atoms with Gasteiger partial charge in [-0.25, -0.2) is 4.98 Å². The molecule has 1 aromatic heterocycles. The van der Waals surface area contributed by atoms with Crippen LogP contribution in [0.15, 0.2) is 0 Å². The average Bonchev–Trinajstić information content (AvgIpc) is 2.81. The van der Waals surface area contributed by atoms with E-state index in [-0.39, 0.29) is 5.54 Å². The van der Waals surface area contributed by atoms with Crippen LogP contribution in [0, 0.1) is 12.8 Å². The lowest BCUT2D eigenvalue weighted by molar-refractivity contribution is 0.149. The first-order valence-corrected chi connectivity index (χ1v) is 8.63. The fourth-order valence-electron chi connectivity index (χ4n) is 3.33. The molecule has 1 aromatic rings. The van der Waals surface area contributed by atoms with Crippen molar-refractivity contribution in [3.05, 3.63) is 15.6 Å². The van der Waals surface area contributed by atoms with Crippen molar-refractivity contribution in [1.29, 1.82) is 0 Å². The van der Waals surface area contributed by atoms with Crippen LogP contribution in [-0.4, -0.2) is 25.2 Å². The largest absolute Gasteiger partial charge is 0.383 e. The van der Waals surface area contributed by atoms with Crippen molar-refractivity contribution in [2.24, 2.45) is 5.92 Å². The highest BCUT2D eigenvalue weighted by Gasteiger charge is 2.38. The molecule has 0 radical (unpaired) electrons. The molecule has 114 valence electrons. The summed E-state index contributed by atoms with van der Waals surface area (Å²) in [6.07, 6.45) is 6.08. The smallest absolute Gasteiger partial charge is 0.113 e. The van der Waals surface area contributed by atoms with Crippen LogP contribution in [0.4, 0.5) is 0 Å². The minimum atomic E-state index is 0.0824. The van der Waals surface area contributed by atoms with Crippen LogP contribution in [0.25, 0.3) is 0 Å². The first-order chi connectivity index (χ1) is 9.61. The van der Waals surface area contributed by atoms with E-state index < -0.39 is 0 Å². The van der Waals surface area contributed by atoms with Gasteiger partial charge >= 0.3 is 0 Å². The predicted molar refractivity (Wildman–Crippen MR) is 85.4 cm³/mol. The van der Waals surface area contributed by atoms with Crippen molar-refractivity contribution < 1.29 is 4.74 Å². The molecule has 0 spiro atoms. The van der Waals surface area contributed by atoms with Gasteiger partial charge in [-0.05, 0) is 32.1 Å². The van der Waals surface area contributed by atoms with E-state index in [4.69, 9.17) is 9.72 Å².